The van der Waals surface area contributed by atoms with Crippen LogP contribution in [0.5, 0.6) is 0 Å². The number of hydrogen-bond acceptors (Lipinski definition) is 2. The van der Waals surface area contributed by atoms with Gasteiger partial charge < -0.3 is 4.42 Å². The maximum atomic E-state index is 6.08. The molecule has 0 fully saturated rings. The summed E-state index contributed by atoms with van der Waals surface area (Å²) in [6.45, 7) is 0. The van der Waals surface area contributed by atoms with Crippen molar-refractivity contribution in [1.29, 1.82) is 0 Å². The molecular weight excluding hydrogens is 426 g/mol. The highest BCUT2D eigenvalue weighted by Gasteiger charge is 2.09. The number of aromatic nitrogens is 1. The van der Waals surface area contributed by atoms with Crippen LogP contribution in [0.1, 0.15) is 11.1 Å². The summed E-state index contributed by atoms with van der Waals surface area (Å²) < 4.78 is 6.08. The maximum Gasteiger partial charge on any atom is 0.226 e. The molecule has 0 saturated heterocycles. The van der Waals surface area contributed by atoms with Crippen molar-refractivity contribution >= 4 is 22.9 Å². The summed E-state index contributed by atoms with van der Waals surface area (Å²) in [7, 11) is 0. The van der Waals surface area contributed by atoms with Gasteiger partial charge in [-0.1, -0.05) is 115 Å². The van der Waals surface area contributed by atoms with Gasteiger partial charge in [0.05, 0.1) is 6.20 Å². The summed E-state index contributed by atoms with van der Waals surface area (Å²) in [5, 5.41) is 2.51. The molecule has 1 heterocycles. The highest BCUT2D eigenvalue weighted by atomic mass is 16.4. The minimum absolute atomic E-state index is 0.622. The molecule has 35 heavy (non-hydrogen) atoms. The summed E-state index contributed by atoms with van der Waals surface area (Å²) >= 11 is 0. The topological polar surface area (TPSA) is 26.0 Å². The van der Waals surface area contributed by atoms with Crippen LogP contribution < -0.4 is 0 Å². The Hall–Kier alpha value is -4.69. The molecule has 0 aliphatic heterocycles. The van der Waals surface area contributed by atoms with Crippen molar-refractivity contribution in [1.82, 2.24) is 4.98 Å². The van der Waals surface area contributed by atoms with E-state index in [-0.39, 0.29) is 0 Å². The minimum Gasteiger partial charge on any atom is -0.436 e. The van der Waals surface area contributed by atoms with Crippen LogP contribution in [0, 0.1) is 0 Å². The molecule has 5 aromatic carbocycles. The Morgan fingerprint density at radius 3 is 1.89 bits per heavy atom. The van der Waals surface area contributed by atoms with E-state index in [0.29, 0.717) is 5.89 Å². The van der Waals surface area contributed by atoms with E-state index in [0.717, 1.165) is 22.5 Å². The van der Waals surface area contributed by atoms with Crippen molar-refractivity contribution in [3.63, 3.8) is 0 Å². The summed E-state index contributed by atoms with van der Waals surface area (Å²) in [6, 6.07) is 42.0. The fourth-order valence-electron chi connectivity index (χ4n) is 4.24. The van der Waals surface area contributed by atoms with Crippen LogP contribution in [0.15, 0.2) is 132 Å². The molecule has 1 aromatic heterocycles. The maximum absolute atomic E-state index is 6.08. The zero-order chi connectivity index (χ0) is 23.5. The van der Waals surface area contributed by atoms with Gasteiger partial charge in [0, 0.05) is 11.1 Å². The van der Waals surface area contributed by atoms with Gasteiger partial charge in [0.1, 0.15) is 0 Å². The number of oxazole rings is 1. The van der Waals surface area contributed by atoms with Crippen LogP contribution in [0.2, 0.25) is 0 Å². The zero-order valence-electron chi connectivity index (χ0n) is 19.1. The van der Waals surface area contributed by atoms with Crippen molar-refractivity contribution in [2.45, 2.75) is 0 Å². The second-order valence-corrected chi connectivity index (χ2v) is 8.53. The van der Waals surface area contributed by atoms with Gasteiger partial charge in [-0.2, -0.15) is 0 Å². The first-order valence-corrected chi connectivity index (χ1v) is 11.7. The van der Waals surface area contributed by atoms with Crippen LogP contribution in [0.25, 0.3) is 56.8 Å². The molecule has 0 aliphatic carbocycles. The van der Waals surface area contributed by atoms with Crippen molar-refractivity contribution in [3.8, 4) is 33.9 Å². The Balaban J connectivity index is 1.17. The average Bonchev–Trinajstić information content (AvgIpc) is 3.43. The molecule has 166 valence electrons. The van der Waals surface area contributed by atoms with Gasteiger partial charge in [0.2, 0.25) is 5.89 Å². The highest BCUT2D eigenvalue weighted by Crippen LogP contribution is 2.28. The van der Waals surface area contributed by atoms with Gasteiger partial charge in [0.15, 0.2) is 5.76 Å². The van der Waals surface area contributed by atoms with Gasteiger partial charge >= 0.3 is 0 Å². The van der Waals surface area contributed by atoms with Crippen LogP contribution in [0.4, 0.5) is 0 Å². The fraction of sp³-hybridized carbons (Fsp3) is 0. The molecule has 0 amide bonds. The van der Waals surface area contributed by atoms with Crippen LogP contribution in [0.3, 0.4) is 0 Å². The van der Waals surface area contributed by atoms with Crippen molar-refractivity contribution in [2.24, 2.45) is 0 Å². The Kier molecular flexibility index (Phi) is 5.54. The van der Waals surface area contributed by atoms with E-state index >= 15 is 0 Å². The van der Waals surface area contributed by atoms with E-state index < -0.39 is 0 Å². The monoisotopic (exact) mass is 449 g/mol. The van der Waals surface area contributed by atoms with E-state index in [4.69, 9.17) is 4.42 Å². The molecule has 0 atom stereocenters. The fourth-order valence-corrected chi connectivity index (χ4v) is 4.24. The van der Waals surface area contributed by atoms with Gasteiger partial charge in [-0.05, 0) is 51.2 Å². The Morgan fingerprint density at radius 1 is 0.486 bits per heavy atom. The molecule has 6 aromatic rings. The number of benzene rings is 5. The molecule has 0 aliphatic rings. The smallest absolute Gasteiger partial charge is 0.226 e. The summed E-state index contributed by atoms with van der Waals surface area (Å²) in [4.78, 5) is 4.51. The van der Waals surface area contributed by atoms with E-state index in [1.807, 2.05) is 18.2 Å². The average molecular weight is 450 g/mol. The SMILES string of the molecule is C(=Cc1ccc2ccccc2c1)c1ccc(-c2ncc(-c3ccc(-c4ccccc4)cc3)o2)cc1. The zero-order valence-corrected chi connectivity index (χ0v) is 19.1. The molecule has 0 unspecified atom stereocenters. The second-order valence-electron chi connectivity index (χ2n) is 8.53. The molecule has 2 nitrogen and oxygen atoms in total. The van der Waals surface area contributed by atoms with Gasteiger partial charge in [-0.25, -0.2) is 4.98 Å². The van der Waals surface area contributed by atoms with Crippen molar-refractivity contribution in [3.05, 3.63) is 139 Å². The van der Waals surface area contributed by atoms with E-state index in [9.17, 15) is 0 Å². The first kappa shape index (κ1) is 20.9. The molecule has 0 saturated carbocycles. The quantitative estimate of drug-likeness (QED) is 0.245. The van der Waals surface area contributed by atoms with E-state index in [2.05, 4.69) is 120 Å². The van der Waals surface area contributed by atoms with E-state index in [1.165, 1.54) is 27.5 Å². The normalized spacial score (nSPS) is 11.3. The summed E-state index contributed by atoms with van der Waals surface area (Å²) in [5.41, 5.74) is 6.67. The Labute approximate surface area is 204 Å². The molecule has 2 heteroatoms. The molecule has 6 rings (SSSR count). The molecular formula is C33H23NO. The largest absolute Gasteiger partial charge is 0.436 e. The Bertz CT molecular complexity index is 1610. The first-order chi connectivity index (χ1) is 17.3. The van der Waals surface area contributed by atoms with Gasteiger partial charge in [-0.15, -0.1) is 0 Å². The van der Waals surface area contributed by atoms with E-state index in [1.54, 1.807) is 6.20 Å². The van der Waals surface area contributed by atoms with Crippen LogP contribution in [-0.2, 0) is 0 Å². The third-order valence-electron chi connectivity index (χ3n) is 6.18. The van der Waals surface area contributed by atoms with Crippen molar-refractivity contribution < 1.29 is 4.42 Å². The predicted octanol–water partition coefficient (Wildman–Crippen LogP) is 9.00. The summed E-state index contributed by atoms with van der Waals surface area (Å²) in [6.07, 6.45) is 6.06. The molecule has 0 N–H and O–H groups in total. The standard InChI is InChI=1S/C33H23NO/c1-2-6-26(7-3-1)28-18-20-29(21-19-28)32-23-34-33(35-32)30-16-12-24(13-17-30)10-11-25-14-15-27-8-4-5-9-31(27)22-25/h1-23H. The van der Waals surface area contributed by atoms with Gasteiger partial charge in [0.25, 0.3) is 0 Å². The third-order valence-corrected chi connectivity index (χ3v) is 6.18. The lowest BCUT2D eigenvalue weighted by molar-refractivity contribution is 0.589. The Morgan fingerprint density at radius 2 is 1.09 bits per heavy atom. The molecule has 0 radical (unpaired) electrons. The lowest BCUT2D eigenvalue weighted by Gasteiger charge is -2.02. The molecule has 0 spiro atoms. The second kappa shape index (κ2) is 9.28. The first-order valence-electron chi connectivity index (χ1n) is 11.7. The van der Waals surface area contributed by atoms with Crippen LogP contribution >= 0.6 is 0 Å². The number of nitrogens with zero attached hydrogens (tertiary/aromatic N) is 1. The number of rotatable bonds is 5. The number of hydrogen-bond donors (Lipinski definition) is 0. The summed E-state index contributed by atoms with van der Waals surface area (Å²) in [5.74, 6) is 1.39. The number of fused-ring (bicyclic) bond motifs is 1. The lowest BCUT2D eigenvalue weighted by atomic mass is 10.0. The highest BCUT2D eigenvalue weighted by molar-refractivity contribution is 5.86. The lowest BCUT2D eigenvalue weighted by Crippen LogP contribution is -1.79. The molecule has 0 bridgehead atoms. The minimum atomic E-state index is 0.622. The van der Waals surface area contributed by atoms with Crippen LogP contribution in [-0.4, -0.2) is 4.98 Å². The van der Waals surface area contributed by atoms with Gasteiger partial charge in [-0.3, -0.25) is 0 Å². The van der Waals surface area contributed by atoms with Crippen molar-refractivity contribution in [2.75, 3.05) is 0 Å². The third kappa shape index (κ3) is 4.55. The predicted molar refractivity (Wildman–Crippen MR) is 146 cm³/mol.